The predicted octanol–water partition coefficient (Wildman–Crippen LogP) is 3.70. The number of hydrogen-bond donors (Lipinski definition) is 0. The number of anilines is 1. The Morgan fingerprint density at radius 3 is 2.20 bits per heavy atom. The smallest absolute Gasteiger partial charge is 0.250 e. The summed E-state index contributed by atoms with van der Waals surface area (Å²) in [6, 6.07) is 11.3. The maximum Gasteiger partial charge on any atom is 0.250 e. The zero-order valence-corrected chi connectivity index (χ0v) is 15.2. The molecule has 1 amide bonds. The summed E-state index contributed by atoms with van der Waals surface area (Å²) in [6.07, 6.45) is 3.21. The molecule has 2 rings (SSSR count). The van der Waals surface area contributed by atoms with E-state index in [1.807, 2.05) is 31.2 Å². The number of aryl methyl sites for hydroxylation is 1. The van der Waals surface area contributed by atoms with Crippen LogP contribution in [0, 0.1) is 6.92 Å². The molecule has 2 aromatic rings. The zero-order valence-electron chi connectivity index (χ0n) is 15.2. The van der Waals surface area contributed by atoms with Crippen LogP contribution in [0.5, 0.6) is 17.2 Å². The fourth-order valence-corrected chi connectivity index (χ4v) is 2.42. The molecule has 0 aliphatic rings. The van der Waals surface area contributed by atoms with Crippen molar-refractivity contribution in [2.75, 3.05) is 33.3 Å². The molecule has 0 heterocycles. The largest absolute Gasteiger partial charge is 0.496 e. The van der Waals surface area contributed by atoms with Gasteiger partial charge in [-0.2, -0.15) is 0 Å². The van der Waals surface area contributed by atoms with Gasteiger partial charge >= 0.3 is 0 Å². The summed E-state index contributed by atoms with van der Waals surface area (Å²) in [6.45, 7) is 1.99. The van der Waals surface area contributed by atoms with Gasteiger partial charge in [0.2, 0.25) is 0 Å². The van der Waals surface area contributed by atoms with Crippen LogP contribution in [0.25, 0.3) is 6.08 Å². The van der Waals surface area contributed by atoms with Crippen molar-refractivity contribution in [3.63, 3.8) is 0 Å². The molecule has 0 unspecified atom stereocenters. The Labute approximate surface area is 148 Å². The van der Waals surface area contributed by atoms with E-state index < -0.39 is 0 Å². The summed E-state index contributed by atoms with van der Waals surface area (Å²) < 4.78 is 15.9. The van der Waals surface area contributed by atoms with Gasteiger partial charge in [-0.25, -0.2) is 0 Å². The van der Waals surface area contributed by atoms with E-state index in [1.165, 1.54) is 6.08 Å². The second kappa shape index (κ2) is 8.24. The average Bonchev–Trinajstić information content (AvgIpc) is 2.64. The monoisotopic (exact) mass is 341 g/mol. The van der Waals surface area contributed by atoms with Crippen LogP contribution in [0.1, 0.15) is 11.1 Å². The number of amides is 1. The van der Waals surface area contributed by atoms with Crippen molar-refractivity contribution in [2.45, 2.75) is 6.92 Å². The third kappa shape index (κ3) is 4.32. The Kier molecular flexibility index (Phi) is 6.06. The summed E-state index contributed by atoms with van der Waals surface area (Å²) in [7, 11) is 6.44. The van der Waals surface area contributed by atoms with Gasteiger partial charge in [0.25, 0.3) is 5.91 Å². The van der Waals surface area contributed by atoms with Crippen LogP contribution in [0.3, 0.4) is 0 Å². The lowest BCUT2D eigenvalue weighted by Gasteiger charge is -2.16. The molecule has 0 bridgehead atoms. The van der Waals surface area contributed by atoms with Crippen LogP contribution in [0.4, 0.5) is 5.69 Å². The highest BCUT2D eigenvalue weighted by molar-refractivity contribution is 6.03. The Balaban J connectivity index is 2.27. The number of hydrogen-bond acceptors (Lipinski definition) is 4. The second-order valence-corrected chi connectivity index (χ2v) is 5.52. The van der Waals surface area contributed by atoms with E-state index in [0.29, 0.717) is 17.2 Å². The van der Waals surface area contributed by atoms with Gasteiger partial charge in [0.15, 0.2) is 11.5 Å². The van der Waals surface area contributed by atoms with Gasteiger partial charge in [0.05, 0.1) is 21.3 Å². The highest BCUT2D eigenvalue weighted by Gasteiger charge is 2.12. The number of benzene rings is 2. The number of rotatable bonds is 6. The van der Waals surface area contributed by atoms with E-state index in [1.54, 1.807) is 51.5 Å². The standard InChI is InChI=1S/C20H23NO4/c1-14-7-6-8-16(11-14)21(2)20(22)10-9-15-12-18(24-4)19(25-5)13-17(15)23-3/h6-13H,1-5H3/b10-9+. The molecule has 0 fully saturated rings. The van der Waals surface area contributed by atoms with Gasteiger partial charge < -0.3 is 19.1 Å². The highest BCUT2D eigenvalue weighted by Crippen LogP contribution is 2.35. The number of carbonyl (C=O) groups is 1. The van der Waals surface area contributed by atoms with Gasteiger partial charge in [0, 0.05) is 30.4 Å². The molecule has 2 aromatic carbocycles. The lowest BCUT2D eigenvalue weighted by Crippen LogP contribution is -2.23. The quantitative estimate of drug-likeness (QED) is 0.752. The SMILES string of the molecule is COc1cc(OC)c(OC)cc1/C=C/C(=O)N(C)c1cccc(C)c1. The van der Waals surface area contributed by atoms with E-state index >= 15 is 0 Å². The number of likely N-dealkylation sites (N-methyl/N-ethyl adjacent to an activating group) is 1. The van der Waals surface area contributed by atoms with E-state index in [-0.39, 0.29) is 5.91 Å². The first-order valence-corrected chi connectivity index (χ1v) is 7.82. The van der Waals surface area contributed by atoms with E-state index in [0.717, 1.165) is 16.8 Å². The minimum atomic E-state index is -0.137. The second-order valence-electron chi connectivity index (χ2n) is 5.52. The number of carbonyl (C=O) groups excluding carboxylic acids is 1. The van der Waals surface area contributed by atoms with Crippen molar-refractivity contribution in [3.05, 3.63) is 53.6 Å². The van der Waals surface area contributed by atoms with Gasteiger partial charge in [-0.05, 0) is 36.8 Å². The molecule has 0 saturated carbocycles. The molecule has 0 N–H and O–H groups in total. The van der Waals surface area contributed by atoms with Crippen LogP contribution >= 0.6 is 0 Å². The minimum absolute atomic E-state index is 0.137. The molecule has 0 saturated heterocycles. The number of ether oxygens (including phenoxy) is 3. The van der Waals surface area contributed by atoms with Crippen LogP contribution in [-0.4, -0.2) is 34.3 Å². The van der Waals surface area contributed by atoms with Gasteiger partial charge in [0.1, 0.15) is 5.75 Å². The highest BCUT2D eigenvalue weighted by atomic mass is 16.5. The summed E-state index contributed by atoms with van der Waals surface area (Å²) in [5.41, 5.74) is 2.67. The van der Waals surface area contributed by atoms with Gasteiger partial charge in [-0.3, -0.25) is 4.79 Å². The third-order valence-electron chi connectivity index (χ3n) is 3.86. The first-order chi connectivity index (χ1) is 12.0. The third-order valence-corrected chi connectivity index (χ3v) is 3.86. The molecule has 25 heavy (non-hydrogen) atoms. The van der Waals surface area contributed by atoms with Crippen molar-refractivity contribution in [1.82, 2.24) is 0 Å². The first-order valence-electron chi connectivity index (χ1n) is 7.82. The normalized spacial score (nSPS) is 10.6. The van der Waals surface area contributed by atoms with Crippen molar-refractivity contribution in [3.8, 4) is 17.2 Å². The molecular weight excluding hydrogens is 318 g/mol. The minimum Gasteiger partial charge on any atom is -0.496 e. The Morgan fingerprint density at radius 2 is 1.60 bits per heavy atom. The van der Waals surface area contributed by atoms with Gasteiger partial charge in [-0.1, -0.05) is 12.1 Å². The molecule has 5 nitrogen and oxygen atoms in total. The lowest BCUT2D eigenvalue weighted by molar-refractivity contribution is -0.113. The summed E-state index contributed by atoms with van der Waals surface area (Å²) in [5, 5.41) is 0. The summed E-state index contributed by atoms with van der Waals surface area (Å²) in [4.78, 5) is 14.0. The summed E-state index contributed by atoms with van der Waals surface area (Å²) in [5.74, 6) is 1.60. The van der Waals surface area contributed by atoms with E-state index in [9.17, 15) is 4.79 Å². The zero-order chi connectivity index (χ0) is 18.4. The number of nitrogens with zero attached hydrogens (tertiary/aromatic N) is 1. The molecule has 0 aliphatic heterocycles. The van der Waals surface area contributed by atoms with E-state index in [2.05, 4.69) is 0 Å². The fourth-order valence-electron chi connectivity index (χ4n) is 2.42. The number of methoxy groups -OCH3 is 3. The molecule has 0 radical (unpaired) electrons. The predicted molar refractivity (Wildman–Crippen MR) is 99.7 cm³/mol. The maximum absolute atomic E-state index is 12.4. The lowest BCUT2D eigenvalue weighted by atomic mass is 10.1. The average molecular weight is 341 g/mol. The summed E-state index contributed by atoms with van der Waals surface area (Å²) >= 11 is 0. The maximum atomic E-state index is 12.4. The molecule has 0 aromatic heterocycles. The topological polar surface area (TPSA) is 48.0 Å². The van der Waals surface area contributed by atoms with Crippen LogP contribution < -0.4 is 19.1 Å². The molecule has 132 valence electrons. The van der Waals surface area contributed by atoms with Crippen molar-refractivity contribution in [1.29, 1.82) is 0 Å². The molecular formula is C20H23NO4. The Bertz CT molecular complexity index is 783. The molecule has 0 aliphatic carbocycles. The first kappa shape index (κ1) is 18.4. The molecule has 5 heteroatoms. The molecule has 0 spiro atoms. The van der Waals surface area contributed by atoms with E-state index in [4.69, 9.17) is 14.2 Å². The van der Waals surface area contributed by atoms with Crippen molar-refractivity contribution >= 4 is 17.7 Å². The fraction of sp³-hybridized carbons (Fsp3) is 0.250. The Hall–Kier alpha value is -2.95. The van der Waals surface area contributed by atoms with Gasteiger partial charge in [-0.15, -0.1) is 0 Å². The van der Waals surface area contributed by atoms with Crippen LogP contribution in [-0.2, 0) is 4.79 Å². The molecule has 0 atom stereocenters. The van der Waals surface area contributed by atoms with Crippen molar-refractivity contribution < 1.29 is 19.0 Å². The van der Waals surface area contributed by atoms with Crippen LogP contribution in [0.15, 0.2) is 42.5 Å². The Morgan fingerprint density at radius 1 is 0.960 bits per heavy atom. The van der Waals surface area contributed by atoms with Crippen molar-refractivity contribution in [2.24, 2.45) is 0 Å². The van der Waals surface area contributed by atoms with Crippen LogP contribution in [0.2, 0.25) is 0 Å².